The van der Waals surface area contributed by atoms with E-state index in [1.54, 1.807) is 0 Å². The van der Waals surface area contributed by atoms with E-state index in [9.17, 15) is 4.79 Å². The summed E-state index contributed by atoms with van der Waals surface area (Å²) in [5.74, 6) is 0.0424. The highest BCUT2D eigenvalue weighted by Crippen LogP contribution is 2.00. The summed E-state index contributed by atoms with van der Waals surface area (Å²) in [4.78, 5) is 14.6. The largest absolute Gasteiger partial charge is 0.364 e. The Bertz CT molecular complexity index is 434. The lowest BCUT2D eigenvalue weighted by Crippen LogP contribution is -2.24. The quantitative estimate of drug-likeness (QED) is 0.801. The van der Waals surface area contributed by atoms with Crippen LogP contribution >= 0.6 is 0 Å². The van der Waals surface area contributed by atoms with Gasteiger partial charge >= 0.3 is 0 Å². The van der Waals surface area contributed by atoms with Crippen molar-refractivity contribution in [2.75, 3.05) is 0 Å². The van der Waals surface area contributed by atoms with Crippen molar-refractivity contribution < 1.29 is 4.79 Å². The Morgan fingerprint density at radius 1 is 1.12 bits per heavy atom. The molecule has 0 saturated carbocycles. The Balaban J connectivity index is 1.81. The molecule has 16 heavy (non-hydrogen) atoms. The minimum Gasteiger partial charge on any atom is -0.364 e. The zero-order chi connectivity index (χ0) is 11.2. The molecule has 0 radical (unpaired) electrons. The number of rotatable bonds is 4. The molecule has 0 bridgehead atoms. The predicted molar refractivity (Wildman–Crippen MR) is 62.8 cm³/mol. The topological polar surface area (TPSA) is 44.9 Å². The molecule has 0 unspecified atom stereocenters. The van der Waals surface area contributed by atoms with Gasteiger partial charge in [0, 0.05) is 11.9 Å². The summed E-state index contributed by atoms with van der Waals surface area (Å²) in [5.41, 5.74) is 2.05. The minimum absolute atomic E-state index is 0.0424. The van der Waals surface area contributed by atoms with Crippen LogP contribution < -0.4 is 5.32 Å². The van der Waals surface area contributed by atoms with Crippen LogP contribution in [0.3, 0.4) is 0 Å². The smallest absolute Gasteiger partial charge is 0.224 e. The molecule has 0 atom stereocenters. The number of hydrogen-bond donors (Lipinski definition) is 2. The molecule has 82 valence electrons. The molecule has 1 aromatic carbocycles. The summed E-state index contributed by atoms with van der Waals surface area (Å²) in [5, 5.41) is 2.86. The first-order chi connectivity index (χ1) is 7.84. The maximum Gasteiger partial charge on any atom is 0.224 e. The van der Waals surface area contributed by atoms with Crippen LogP contribution in [0.5, 0.6) is 0 Å². The van der Waals surface area contributed by atoms with E-state index in [0.29, 0.717) is 13.0 Å². The Kier molecular flexibility index (Phi) is 3.38. The number of hydrogen-bond acceptors (Lipinski definition) is 1. The SMILES string of the molecule is O=C(Cc1ccccc1)NCc1ccc[nH]1. The molecule has 1 heterocycles. The van der Waals surface area contributed by atoms with Gasteiger partial charge < -0.3 is 10.3 Å². The summed E-state index contributed by atoms with van der Waals surface area (Å²) in [6.45, 7) is 0.554. The van der Waals surface area contributed by atoms with Gasteiger partial charge in [0.2, 0.25) is 5.91 Å². The monoisotopic (exact) mass is 214 g/mol. The lowest BCUT2D eigenvalue weighted by Gasteiger charge is -2.03. The van der Waals surface area contributed by atoms with Crippen LogP contribution in [0.4, 0.5) is 0 Å². The molecule has 2 rings (SSSR count). The van der Waals surface area contributed by atoms with Crippen LogP contribution in [-0.4, -0.2) is 10.9 Å². The van der Waals surface area contributed by atoms with Gasteiger partial charge in [-0.15, -0.1) is 0 Å². The van der Waals surface area contributed by atoms with Crippen molar-refractivity contribution in [2.45, 2.75) is 13.0 Å². The average Bonchev–Trinajstić information content (AvgIpc) is 2.81. The first-order valence-electron chi connectivity index (χ1n) is 5.27. The number of aromatic amines is 1. The van der Waals surface area contributed by atoms with Crippen molar-refractivity contribution in [3.05, 3.63) is 59.9 Å². The number of carbonyl (C=O) groups excluding carboxylic acids is 1. The average molecular weight is 214 g/mol. The van der Waals surface area contributed by atoms with Crippen molar-refractivity contribution in [3.8, 4) is 0 Å². The fraction of sp³-hybridized carbons (Fsp3) is 0.154. The van der Waals surface area contributed by atoms with E-state index in [4.69, 9.17) is 0 Å². The normalized spacial score (nSPS) is 10.0. The van der Waals surface area contributed by atoms with E-state index in [-0.39, 0.29) is 5.91 Å². The van der Waals surface area contributed by atoms with Crippen LogP contribution in [0.2, 0.25) is 0 Å². The Morgan fingerprint density at radius 3 is 2.62 bits per heavy atom. The van der Waals surface area contributed by atoms with E-state index in [1.165, 1.54) is 0 Å². The van der Waals surface area contributed by atoms with Gasteiger partial charge in [0.1, 0.15) is 0 Å². The molecule has 1 aromatic heterocycles. The molecule has 3 heteroatoms. The molecule has 0 aliphatic heterocycles. The summed E-state index contributed by atoms with van der Waals surface area (Å²) >= 11 is 0. The first kappa shape index (κ1) is 10.5. The van der Waals surface area contributed by atoms with E-state index in [2.05, 4.69) is 10.3 Å². The fourth-order valence-corrected chi connectivity index (χ4v) is 1.52. The predicted octanol–water partition coefficient (Wildman–Crippen LogP) is 1.87. The van der Waals surface area contributed by atoms with Gasteiger partial charge in [-0.2, -0.15) is 0 Å². The van der Waals surface area contributed by atoms with Crippen LogP contribution in [0.1, 0.15) is 11.3 Å². The van der Waals surface area contributed by atoms with Gasteiger partial charge in [0.05, 0.1) is 13.0 Å². The minimum atomic E-state index is 0.0424. The maximum atomic E-state index is 11.6. The Labute approximate surface area is 94.5 Å². The van der Waals surface area contributed by atoms with Crippen LogP contribution in [-0.2, 0) is 17.8 Å². The Morgan fingerprint density at radius 2 is 1.94 bits per heavy atom. The summed E-state index contributed by atoms with van der Waals surface area (Å²) in [7, 11) is 0. The van der Waals surface area contributed by atoms with Crippen LogP contribution in [0.15, 0.2) is 48.7 Å². The highest BCUT2D eigenvalue weighted by molar-refractivity contribution is 5.78. The Hall–Kier alpha value is -2.03. The molecule has 1 amide bonds. The van der Waals surface area contributed by atoms with Gasteiger partial charge in [-0.05, 0) is 17.7 Å². The van der Waals surface area contributed by atoms with Gasteiger partial charge in [-0.3, -0.25) is 4.79 Å². The molecule has 3 nitrogen and oxygen atoms in total. The van der Waals surface area contributed by atoms with Gasteiger partial charge in [0.25, 0.3) is 0 Å². The van der Waals surface area contributed by atoms with Crippen LogP contribution in [0.25, 0.3) is 0 Å². The van der Waals surface area contributed by atoms with Crippen LogP contribution in [0, 0.1) is 0 Å². The van der Waals surface area contributed by atoms with Gasteiger partial charge in [0.15, 0.2) is 0 Å². The highest BCUT2D eigenvalue weighted by Gasteiger charge is 2.02. The molecule has 2 N–H and O–H groups in total. The molecular formula is C13H14N2O. The molecule has 0 aliphatic carbocycles. The number of H-pyrrole nitrogens is 1. The molecule has 0 saturated heterocycles. The van der Waals surface area contributed by atoms with E-state index < -0.39 is 0 Å². The van der Waals surface area contributed by atoms with E-state index in [0.717, 1.165) is 11.3 Å². The highest BCUT2D eigenvalue weighted by atomic mass is 16.1. The van der Waals surface area contributed by atoms with Gasteiger partial charge in [-0.1, -0.05) is 30.3 Å². The van der Waals surface area contributed by atoms with Crippen molar-refractivity contribution in [1.29, 1.82) is 0 Å². The van der Waals surface area contributed by atoms with Crippen molar-refractivity contribution in [3.63, 3.8) is 0 Å². The first-order valence-corrected chi connectivity index (χ1v) is 5.27. The summed E-state index contributed by atoms with van der Waals surface area (Å²) in [6, 6.07) is 13.6. The summed E-state index contributed by atoms with van der Waals surface area (Å²) in [6.07, 6.45) is 2.28. The number of benzene rings is 1. The maximum absolute atomic E-state index is 11.6. The number of amides is 1. The molecular weight excluding hydrogens is 200 g/mol. The van der Waals surface area contributed by atoms with E-state index in [1.807, 2.05) is 48.7 Å². The number of carbonyl (C=O) groups is 1. The van der Waals surface area contributed by atoms with Gasteiger partial charge in [-0.25, -0.2) is 0 Å². The van der Waals surface area contributed by atoms with Crippen molar-refractivity contribution in [1.82, 2.24) is 10.3 Å². The number of nitrogens with one attached hydrogen (secondary N) is 2. The number of aromatic nitrogens is 1. The molecule has 0 spiro atoms. The second kappa shape index (κ2) is 5.16. The zero-order valence-corrected chi connectivity index (χ0v) is 8.94. The molecule has 0 aliphatic rings. The third-order valence-electron chi connectivity index (χ3n) is 2.35. The molecule has 0 fully saturated rings. The van der Waals surface area contributed by atoms with Crippen molar-refractivity contribution in [2.24, 2.45) is 0 Å². The lowest BCUT2D eigenvalue weighted by molar-refractivity contribution is -0.120. The standard InChI is InChI=1S/C13H14N2O/c16-13(9-11-5-2-1-3-6-11)15-10-12-7-4-8-14-12/h1-8,14H,9-10H2,(H,15,16). The third-order valence-corrected chi connectivity index (χ3v) is 2.35. The third kappa shape index (κ3) is 2.98. The second-order valence-electron chi connectivity index (χ2n) is 3.63. The summed E-state index contributed by atoms with van der Waals surface area (Å²) < 4.78 is 0. The lowest BCUT2D eigenvalue weighted by atomic mass is 10.1. The zero-order valence-electron chi connectivity index (χ0n) is 8.94. The molecule has 2 aromatic rings. The fourth-order valence-electron chi connectivity index (χ4n) is 1.52. The van der Waals surface area contributed by atoms with Crippen molar-refractivity contribution >= 4 is 5.91 Å². The second-order valence-corrected chi connectivity index (χ2v) is 3.63. The van der Waals surface area contributed by atoms with E-state index >= 15 is 0 Å².